The van der Waals surface area contributed by atoms with E-state index >= 15 is 0 Å². The first-order chi connectivity index (χ1) is 11.2. The van der Waals surface area contributed by atoms with E-state index in [9.17, 15) is 4.79 Å². The summed E-state index contributed by atoms with van der Waals surface area (Å²) in [6.45, 7) is 2.00. The average molecular weight is 297 g/mol. The Morgan fingerprint density at radius 2 is 1.65 bits per heavy atom. The molecular formula is C21H15NO. The molecule has 2 aromatic carbocycles. The van der Waals surface area contributed by atoms with Crippen molar-refractivity contribution < 1.29 is 4.79 Å². The lowest BCUT2D eigenvalue weighted by atomic mass is 10.0. The molecule has 0 atom stereocenters. The summed E-state index contributed by atoms with van der Waals surface area (Å²) < 4.78 is 0. The van der Waals surface area contributed by atoms with Crippen LogP contribution in [-0.2, 0) is 0 Å². The van der Waals surface area contributed by atoms with Crippen molar-refractivity contribution >= 4 is 17.9 Å². The van der Waals surface area contributed by atoms with E-state index in [2.05, 4.69) is 4.98 Å². The smallest absolute Gasteiger partial charge is 0.195 e. The van der Waals surface area contributed by atoms with Crippen LogP contribution in [0.25, 0.3) is 23.3 Å². The number of hydrogen-bond donors (Lipinski definition) is 0. The van der Waals surface area contributed by atoms with Crippen LogP contribution in [0, 0.1) is 6.92 Å². The summed E-state index contributed by atoms with van der Waals surface area (Å²) in [4.78, 5) is 16.9. The van der Waals surface area contributed by atoms with E-state index in [-0.39, 0.29) is 5.78 Å². The fraction of sp³-hybridized carbons (Fsp3) is 0.0476. The zero-order chi connectivity index (χ0) is 15.8. The molecule has 110 valence electrons. The third-order valence-corrected chi connectivity index (χ3v) is 4.13. The Bertz CT molecular complexity index is 939. The van der Waals surface area contributed by atoms with Crippen molar-refractivity contribution in [2.45, 2.75) is 6.92 Å². The van der Waals surface area contributed by atoms with Gasteiger partial charge in [0.25, 0.3) is 0 Å². The van der Waals surface area contributed by atoms with Crippen LogP contribution in [0.4, 0.5) is 0 Å². The fourth-order valence-electron chi connectivity index (χ4n) is 2.94. The molecule has 1 aliphatic rings. The number of fused-ring (bicyclic) bond motifs is 3. The number of hydrogen-bond acceptors (Lipinski definition) is 2. The highest BCUT2D eigenvalue weighted by atomic mass is 16.1. The van der Waals surface area contributed by atoms with E-state index in [1.165, 1.54) is 0 Å². The normalized spacial score (nSPS) is 12.5. The second-order valence-corrected chi connectivity index (χ2v) is 5.78. The van der Waals surface area contributed by atoms with Gasteiger partial charge in [-0.3, -0.25) is 9.78 Å². The summed E-state index contributed by atoms with van der Waals surface area (Å²) in [5.41, 5.74) is 6.55. The number of benzene rings is 2. The topological polar surface area (TPSA) is 30.0 Å². The van der Waals surface area contributed by atoms with Crippen LogP contribution < -0.4 is 0 Å². The number of ketones is 1. The molecule has 0 amide bonds. The van der Waals surface area contributed by atoms with Crippen LogP contribution in [0.3, 0.4) is 0 Å². The molecule has 2 nitrogen and oxygen atoms in total. The monoisotopic (exact) mass is 297 g/mol. The Balaban J connectivity index is 1.75. The number of rotatable bonds is 2. The largest absolute Gasteiger partial charge is 0.289 e. The standard InChI is InChI=1S/C21H15NO/c1-14-7-10-17-18-12-16(9-8-15-5-3-2-4-6-15)22-13-20(18)21(23)19(17)11-14/h2-13H,1H3. The molecular weight excluding hydrogens is 282 g/mol. The predicted molar refractivity (Wildman–Crippen MR) is 93.2 cm³/mol. The molecule has 23 heavy (non-hydrogen) atoms. The third kappa shape index (κ3) is 2.38. The van der Waals surface area contributed by atoms with E-state index in [1.54, 1.807) is 6.20 Å². The summed E-state index contributed by atoms with van der Waals surface area (Å²) in [6, 6.07) is 18.1. The van der Waals surface area contributed by atoms with Gasteiger partial charge in [-0.2, -0.15) is 0 Å². The van der Waals surface area contributed by atoms with Gasteiger partial charge in [-0.1, -0.05) is 54.1 Å². The molecule has 2 heteroatoms. The van der Waals surface area contributed by atoms with Gasteiger partial charge < -0.3 is 0 Å². The highest BCUT2D eigenvalue weighted by molar-refractivity contribution is 6.21. The highest BCUT2D eigenvalue weighted by Gasteiger charge is 2.26. The molecule has 0 unspecified atom stereocenters. The molecule has 1 aromatic heterocycles. The van der Waals surface area contributed by atoms with Gasteiger partial charge in [-0.15, -0.1) is 0 Å². The highest BCUT2D eigenvalue weighted by Crippen LogP contribution is 2.37. The molecule has 0 bridgehead atoms. The lowest BCUT2D eigenvalue weighted by Crippen LogP contribution is -1.96. The Labute approximate surface area is 135 Å². The average Bonchev–Trinajstić information content (AvgIpc) is 2.86. The minimum absolute atomic E-state index is 0.0739. The Kier molecular flexibility index (Phi) is 3.16. The van der Waals surface area contributed by atoms with E-state index < -0.39 is 0 Å². The van der Waals surface area contributed by atoms with Gasteiger partial charge >= 0.3 is 0 Å². The number of carbonyl (C=O) groups is 1. The number of pyridine rings is 1. The van der Waals surface area contributed by atoms with Crippen molar-refractivity contribution in [1.29, 1.82) is 0 Å². The number of aryl methyl sites for hydroxylation is 1. The summed E-state index contributed by atoms with van der Waals surface area (Å²) in [7, 11) is 0. The maximum atomic E-state index is 12.5. The lowest BCUT2D eigenvalue weighted by Gasteiger charge is -2.01. The number of aromatic nitrogens is 1. The van der Waals surface area contributed by atoms with Crippen molar-refractivity contribution in [3.63, 3.8) is 0 Å². The molecule has 0 radical (unpaired) electrons. The molecule has 0 fully saturated rings. The minimum atomic E-state index is 0.0739. The van der Waals surface area contributed by atoms with Gasteiger partial charge in [0.15, 0.2) is 5.78 Å². The number of nitrogens with zero attached hydrogens (tertiary/aromatic N) is 1. The molecule has 1 aliphatic carbocycles. The number of carbonyl (C=O) groups excluding carboxylic acids is 1. The van der Waals surface area contributed by atoms with Crippen molar-refractivity contribution in [2.75, 3.05) is 0 Å². The van der Waals surface area contributed by atoms with Gasteiger partial charge in [0.1, 0.15) is 0 Å². The molecule has 0 saturated carbocycles. The zero-order valence-corrected chi connectivity index (χ0v) is 12.8. The van der Waals surface area contributed by atoms with Gasteiger partial charge in [0.2, 0.25) is 0 Å². The Morgan fingerprint density at radius 3 is 2.48 bits per heavy atom. The van der Waals surface area contributed by atoms with Crippen molar-refractivity contribution in [3.05, 3.63) is 88.7 Å². The molecule has 3 aromatic rings. The molecule has 0 spiro atoms. The van der Waals surface area contributed by atoms with Gasteiger partial charge in [0, 0.05) is 17.3 Å². The van der Waals surface area contributed by atoms with Crippen LogP contribution >= 0.6 is 0 Å². The quantitative estimate of drug-likeness (QED) is 0.533. The minimum Gasteiger partial charge on any atom is -0.289 e. The van der Waals surface area contributed by atoms with E-state index in [0.29, 0.717) is 5.56 Å². The third-order valence-electron chi connectivity index (χ3n) is 4.13. The Hall–Kier alpha value is -3.00. The van der Waals surface area contributed by atoms with Crippen LogP contribution in [0.1, 0.15) is 32.7 Å². The van der Waals surface area contributed by atoms with Crippen LogP contribution in [0.2, 0.25) is 0 Å². The van der Waals surface area contributed by atoms with E-state index in [1.807, 2.05) is 73.7 Å². The van der Waals surface area contributed by atoms with Gasteiger partial charge in [0.05, 0.1) is 5.69 Å². The van der Waals surface area contributed by atoms with E-state index in [4.69, 9.17) is 0 Å². The first kappa shape index (κ1) is 13.6. The summed E-state index contributed by atoms with van der Waals surface area (Å²) in [5.74, 6) is 0.0739. The van der Waals surface area contributed by atoms with Gasteiger partial charge in [-0.05, 0) is 41.8 Å². The van der Waals surface area contributed by atoms with Crippen molar-refractivity contribution in [3.8, 4) is 11.1 Å². The summed E-state index contributed by atoms with van der Waals surface area (Å²) in [6.07, 6.45) is 5.70. The van der Waals surface area contributed by atoms with Crippen molar-refractivity contribution in [1.82, 2.24) is 4.98 Å². The molecule has 0 N–H and O–H groups in total. The fourth-order valence-corrected chi connectivity index (χ4v) is 2.94. The van der Waals surface area contributed by atoms with Crippen LogP contribution in [-0.4, -0.2) is 10.8 Å². The second-order valence-electron chi connectivity index (χ2n) is 5.78. The predicted octanol–water partition coefficient (Wildman–Crippen LogP) is 4.77. The summed E-state index contributed by atoms with van der Waals surface area (Å²) in [5, 5.41) is 0. The SMILES string of the molecule is Cc1ccc2c(c1)C(=O)c1cnc(C=Cc3ccccc3)cc1-2. The van der Waals surface area contributed by atoms with Crippen LogP contribution in [0.15, 0.2) is 60.8 Å². The van der Waals surface area contributed by atoms with Gasteiger partial charge in [-0.25, -0.2) is 0 Å². The molecule has 0 saturated heterocycles. The second kappa shape index (κ2) is 5.33. The maximum absolute atomic E-state index is 12.5. The van der Waals surface area contributed by atoms with Crippen LogP contribution in [0.5, 0.6) is 0 Å². The van der Waals surface area contributed by atoms with E-state index in [0.717, 1.165) is 33.5 Å². The van der Waals surface area contributed by atoms with Crippen molar-refractivity contribution in [2.24, 2.45) is 0 Å². The molecule has 4 rings (SSSR count). The maximum Gasteiger partial charge on any atom is 0.195 e. The molecule has 1 heterocycles. The zero-order valence-electron chi connectivity index (χ0n) is 12.8. The molecule has 0 aliphatic heterocycles. The lowest BCUT2D eigenvalue weighted by molar-refractivity contribution is 0.104. The first-order valence-electron chi connectivity index (χ1n) is 7.61. The summed E-state index contributed by atoms with van der Waals surface area (Å²) >= 11 is 0. The Morgan fingerprint density at radius 1 is 0.826 bits per heavy atom. The first-order valence-corrected chi connectivity index (χ1v) is 7.61.